The molecule has 0 saturated carbocycles. The van der Waals surface area contributed by atoms with E-state index in [1.165, 1.54) is 6.07 Å². The van der Waals surface area contributed by atoms with Crippen molar-refractivity contribution in [2.75, 3.05) is 16.8 Å². The monoisotopic (exact) mass is 399 g/mol. The summed E-state index contributed by atoms with van der Waals surface area (Å²) < 4.78 is 5.78. The number of nitrogen functional groups attached to an aromatic ring is 1. The van der Waals surface area contributed by atoms with Gasteiger partial charge in [-0.1, -0.05) is 30.0 Å². The van der Waals surface area contributed by atoms with Gasteiger partial charge in [0.1, 0.15) is 34.1 Å². The SMILES string of the molecule is N#Cc1cc(C#N)c(SCC(=O)Nc2ccc3oc4ccccc4c3c2)nc1N. The number of pyridine rings is 1. The fourth-order valence-corrected chi connectivity index (χ4v) is 3.69. The number of amides is 1. The lowest BCUT2D eigenvalue weighted by molar-refractivity contribution is -0.113. The van der Waals surface area contributed by atoms with Crippen molar-refractivity contribution in [1.29, 1.82) is 10.5 Å². The fraction of sp³-hybridized carbons (Fsp3) is 0.0476. The molecule has 0 aliphatic carbocycles. The third-order valence-electron chi connectivity index (χ3n) is 4.26. The van der Waals surface area contributed by atoms with E-state index in [1.54, 1.807) is 6.07 Å². The minimum absolute atomic E-state index is 0.0340. The van der Waals surface area contributed by atoms with E-state index in [9.17, 15) is 10.1 Å². The Kier molecular flexibility index (Phi) is 4.78. The number of hydrogen-bond acceptors (Lipinski definition) is 7. The molecule has 7 nitrogen and oxygen atoms in total. The van der Waals surface area contributed by atoms with Gasteiger partial charge in [0.2, 0.25) is 5.91 Å². The molecular formula is C21H13N5O2S. The van der Waals surface area contributed by atoms with Crippen molar-refractivity contribution in [2.24, 2.45) is 0 Å². The number of benzene rings is 2. The normalized spacial score (nSPS) is 10.6. The van der Waals surface area contributed by atoms with Gasteiger partial charge in [-0.25, -0.2) is 4.98 Å². The number of rotatable bonds is 4. The highest BCUT2D eigenvalue weighted by atomic mass is 32.2. The minimum Gasteiger partial charge on any atom is -0.456 e. The molecule has 0 bridgehead atoms. The Bertz CT molecular complexity index is 1350. The summed E-state index contributed by atoms with van der Waals surface area (Å²) in [5.41, 5.74) is 8.22. The first-order chi connectivity index (χ1) is 14.1. The Morgan fingerprint density at radius 3 is 2.62 bits per heavy atom. The average Bonchev–Trinajstić information content (AvgIpc) is 3.10. The highest BCUT2D eigenvalue weighted by molar-refractivity contribution is 8.00. The van der Waals surface area contributed by atoms with Crippen molar-refractivity contribution in [1.82, 2.24) is 4.98 Å². The van der Waals surface area contributed by atoms with Crippen LogP contribution in [0.15, 0.2) is 58.0 Å². The van der Waals surface area contributed by atoms with Crippen molar-refractivity contribution >= 4 is 51.1 Å². The van der Waals surface area contributed by atoms with Gasteiger partial charge in [0.25, 0.3) is 0 Å². The van der Waals surface area contributed by atoms with Crippen LogP contribution < -0.4 is 11.1 Å². The van der Waals surface area contributed by atoms with E-state index in [0.717, 1.165) is 33.7 Å². The lowest BCUT2D eigenvalue weighted by Gasteiger charge is -2.07. The number of carbonyl (C=O) groups is 1. The molecule has 4 rings (SSSR count). The zero-order valence-electron chi connectivity index (χ0n) is 15.0. The molecule has 2 aromatic carbocycles. The number of nitrogens with two attached hydrogens (primary N) is 1. The summed E-state index contributed by atoms with van der Waals surface area (Å²) in [7, 11) is 0. The molecule has 2 aromatic heterocycles. The predicted octanol–water partition coefficient (Wildman–Crippen LogP) is 4.04. The van der Waals surface area contributed by atoms with Gasteiger partial charge < -0.3 is 15.5 Å². The molecule has 0 fully saturated rings. The zero-order valence-corrected chi connectivity index (χ0v) is 15.8. The zero-order chi connectivity index (χ0) is 20.4. The van der Waals surface area contributed by atoms with Crippen LogP contribution in [0.4, 0.5) is 11.5 Å². The molecule has 29 heavy (non-hydrogen) atoms. The fourth-order valence-electron chi connectivity index (χ4n) is 2.92. The highest BCUT2D eigenvalue weighted by Crippen LogP contribution is 2.30. The second kappa shape index (κ2) is 7.55. The summed E-state index contributed by atoms with van der Waals surface area (Å²) >= 11 is 1.09. The van der Waals surface area contributed by atoms with Gasteiger partial charge in [0.05, 0.1) is 16.9 Å². The van der Waals surface area contributed by atoms with Crippen LogP contribution in [0.5, 0.6) is 0 Å². The first kappa shape index (κ1) is 18.4. The minimum atomic E-state index is -0.254. The quantitative estimate of drug-likeness (QED) is 0.495. The summed E-state index contributed by atoms with van der Waals surface area (Å²) in [6.07, 6.45) is 0. The lowest BCUT2D eigenvalue weighted by atomic mass is 10.1. The maximum Gasteiger partial charge on any atom is 0.234 e. The van der Waals surface area contributed by atoms with E-state index in [4.69, 9.17) is 15.4 Å². The molecule has 2 heterocycles. The van der Waals surface area contributed by atoms with Gasteiger partial charge in [-0.15, -0.1) is 0 Å². The van der Waals surface area contributed by atoms with Gasteiger partial charge in [0, 0.05) is 16.5 Å². The molecule has 0 saturated heterocycles. The first-order valence-corrected chi connectivity index (χ1v) is 9.52. The van der Waals surface area contributed by atoms with Gasteiger partial charge in [-0.05, 0) is 30.3 Å². The molecule has 0 radical (unpaired) electrons. The molecule has 0 aliphatic rings. The summed E-state index contributed by atoms with van der Waals surface area (Å²) in [6, 6.07) is 18.4. The number of para-hydroxylation sites is 1. The number of nitriles is 2. The van der Waals surface area contributed by atoms with Crippen LogP contribution in [0, 0.1) is 22.7 Å². The van der Waals surface area contributed by atoms with Gasteiger partial charge in [-0.3, -0.25) is 4.79 Å². The second-order valence-electron chi connectivity index (χ2n) is 6.14. The number of anilines is 2. The Morgan fingerprint density at radius 2 is 1.83 bits per heavy atom. The van der Waals surface area contributed by atoms with Crippen LogP contribution >= 0.6 is 11.8 Å². The number of furan rings is 1. The molecule has 0 unspecified atom stereocenters. The lowest BCUT2D eigenvalue weighted by Crippen LogP contribution is -2.14. The van der Waals surface area contributed by atoms with Crippen LogP contribution in [-0.4, -0.2) is 16.6 Å². The summed E-state index contributed by atoms with van der Waals surface area (Å²) in [4.78, 5) is 16.4. The van der Waals surface area contributed by atoms with E-state index >= 15 is 0 Å². The van der Waals surface area contributed by atoms with Crippen molar-refractivity contribution < 1.29 is 9.21 Å². The first-order valence-electron chi connectivity index (χ1n) is 8.53. The van der Waals surface area contributed by atoms with Crippen molar-refractivity contribution in [3.63, 3.8) is 0 Å². The molecule has 0 aliphatic heterocycles. The third kappa shape index (κ3) is 3.57. The van der Waals surface area contributed by atoms with Crippen molar-refractivity contribution in [3.8, 4) is 12.1 Å². The molecular weight excluding hydrogens is 386 g/mol. The number of fused-ring (bicyclic) bond motifs is 3. The molecule has 140 valence electrons. The van der Waals surface area contributed by atoms with E-state index in [-0.39, 0.29) is 28.6 Å². The second-order valence-corrected chi connectivity index (χ2v) is 7.11. The number of aromatic nitrogens is 1. The number of carbonyl (C=O) groups excluding carboxylic acids is 1. The smallest absolute Gasteiger partial charge is 0.234 e. The number of hydrogen-bond donors (Lipinski definition) is 2. The van der Waals surface area contributed by atoms with Crippen molar-refractivity contribution in [3.05, 3.63) is 59.7 Å². The summed E-state index contributed by atoms with van der Waals surface area (Å²) in [5.74, 6) is -0.181. The summed E-state index contributed by atoms with van der Waals surface area (Å²) in [5, 5.41) is 23.3. The molecule has 0 atom stereocenters. The average molecular weight is 399 g/mol. The van der Waals surface area contributed by atoms with Crippen molar-refractivity contribution in [2.45, 2.75) is 5.03 Å². The van der Waals surface area contributed by atoms with Gasteiger partial charge in [-0.2, -0.15) is 10.5 Å². The predicted molar refractivity (Wildman–Crippen MR) is 111 cm³/mol. The largest absolute Gasteiger partial charge is 0.456 e. The number of thioether (sulfide) groups is 1. The maximum atomic E-state index is 12.4. The van der Waals surface area contributed by atoms with Crippen LogP contribution in [0.1, 0.15) is 11.1 Å². The summed E-state index contributed by atoms with van der Waals surface area (Å²) in [6.45, 7) is 0. The topological polar surface area (TPSA) is 129 Å². The molecule has 4 aromatic rings. The van der Waals surface area contributed by atoms with E-state index in [2.05, 4.69) is 10.3 Å². The Labute approximate surface area is 169 Å². The van der Waals surface area contributed by atoms with Gasteiger partial charge >= 0.3 is 0 Å². The Balaban J connectivity index is 1.51. The molecule has 0 spiro atoms. The Hall–Kier alpha value is -4.01. The third-order valence-corrected chi connectivity index (χ3v) is 5.25. The Morgan fingerprint density at radius 1 is 1.07 bits per heavy atom. The molecule has 1 amide bonds. The van der Waals surface area contributed by atoms with Crippen LogP contribution in [0.3, 0.4) is 0 Å². The highest BCUT2D eigenvalue weighted by Gasteiger charge is 2.13. The van der Waals surface area contributed by atoms with E-state index in [1.807, 2.05) is 48.5 Å². The maximum absolute atomic E-state index is 12.4. The van der Waals surface area contributed by atoms with Crippen LogP contribution in [0.25, 0.3) is 21.9 Å². The van der Waals surface area contributed by atoms with Crippen LogP contribution in [0.2, 0.25) is 0 Å². The molecule has 8 heteroatoms. The van der Waals surface area contributed by atoms with E-state index < -0.39 is 0 Å². The van der Waals surface area contributed by atoms with E-state index in [0.29, 0.717) is 10.7 Å². The number of nitrogens with one attached hydrogen (secondary N) is 1. The molecule has 3 N–H and O–H groups in total. The van der Waals surface area contributed by atoms with Crippen LogP contribution in [-0.2, 0) is 4.79 Å². The number of nitrogens with zero attached hydrogens (tertiary/aromatic N) is 3. The van der Waals surface area contributed by atoms with Gasteiger partial charge in [0.15, 0.2) is 0 Å². The standard InChI is InChI=1S/C21H13N5O2S/c22-9-12-7-13(10-23)21(26-20(12)24)29-11-19(27)25-14-5-6-18-16(8-14)15-3-1-2-4-17(15)28-18/h1-8H,11H2,(H2,24,26)(H,25,27).